The van der Waals surface area contributed by atoms with E-state index >= 15 is 0 Å². The Bertz CT molecular complexity index is 558. The lowest BCUT2D eigenvalue weighted by Crippen LogP contribution is -2.39. The highest BCUT2D eigenvalue weighted by atomic mass is 19.1. The normalized spacial score (nSPS) is 20.8. The second-order valence-corrected chi connectivity index (χ2v) is 6.27. The molecule has 0 aliphatic carbocycles. The van der Waals surface area contributed by atoms with Crippen molar-refractivity contribution in [1.82, 2.24) is 4.90 Å². The molecule has 1 N–H and O–H groups in total. The van der Waals surface area contributed by atoms with E-state index in [0.717, 1.165) is 0 Å². The van der Waals surface area contributed by atoms with E-state index < -0.39 is 12.1 Å². The Morgan fingerprint density at radius 1 is 1.35 bits per heavy atom. The van der Waals surface area contributed by atoms with Crippen LogP contribution in [0.5, 0.6) is 5.75 Å². The Balaban J connectivity index is 1.94. The molecule has 5 nitrogen and oxygen atoms in total. The zero-order valence-corrected chi connectivity index (χ0v) is 13.4. The van der Waals surface area contributed by atoms with E-state index in [-0.39, 0.29) is 43.0 Å². The topological polar surface area (TPSA) is 66.8 Å². The third kappa shape index (κ3) is 4.68. The van der Waals surface area contributed by atoms with E-state index in [1.54, 1.807) is 17.0 Å². The zero-order valence-electron chi connectivity index (χ0n) is 13.4. The summed E-state index contributed by atoms with van der Waals surface area (Å²) in [6.45, 7) is 4.24. The molecule has 2 atom stereocenters. The van der Waals surface area contributed by atoms with Gasteiger partial charge in [0.15, 0.2) is 0 Å². The van der Waals surface area contributed by atoms with Crippen molar-refractivity contribution in [3.63, 3.8) is 0 Å². The van der Waals surface area contributed by atoms with E-state index in [9.17, 15) is 14.0 Å². The standard InChI is InChI=1S/C17H22FNO4/c1-11(2)7-16(20)19-9-13(18)8-14(19)10-23-15-5-3-12(4-6-15)17(21)22/h3-6,11,13-14H,7-10H2,1-2H3,(H,21,22)/t13?,14-/m0/s1. The van der Waals surface area contributed by atoms with Crippen LogP contribution in [0.25, 0.3) is 0 Å². The van der Waals surface area contributed by atoms with Crippen molar-refractivity contribution in [3.8, 4) is 5.75 Å². The molecule has 0 spiro atoms. The number of carboxylic acids is 1. The predicted octanol–water partition coefficient (Wildman–Crippen LogP) is 2.75. The Kier molecular flexibility index (Phi) is 5.58. The maximum Gasteiger partial charge on any atom is 0.335 e. The first-order valence-corrected chi connectivity index (χ1v) is 7.76. The van der Waals surface area contributed by atoms with Crippen molar-refractivity contribution in [2.24, 2.45) is 5.92 Å². The molecular formula is C17H22FNO4. The van der Waals surface area contributed by atoms with Gasteiger partial charge in [0.05, 0.1) is 18.2 Å². The van der Waals surface area contributed by atoms with Crippen LogP contribution in [0, 0.1) is 5.92 Å². The molecule has 1 amide bonds. The van der Waals surface area contributed by atoms with Gasteiger partial charge in [0.25, 0.3) is 0 Å². The van der Waals surface area contributed by atoms with Gasteiger partial charge in [-0.25, -0.2) is 9.18 Å². The van der Waals surface area contributed by atoms with Gasteiger partial charge in [-0.1, -0.05) is 13.8 Å². The van der Waals surface area contributed by atoms with Crippen LogP contribution in [0.1, 0.15) is 37.0 Å². The fraction of sp³-hybridized carbons (Fsp3) is 0.529. The highest BCUT2D eigenvalue weighted by molar-refractivity contribution is 5.87. The van der Waals surface area contributed by atoms with Gasteiger partial charge in [0.1, 0.15) is 18.5 Å². The van der Waals surface area contributed by atoms with E-state index in [1.807, 2.05) is 13.8 Å². The number of ether oxygens (including phenoxy) is 1. The Morgan fingerprint density at radius 2 is 2.00 bits per heavy atom. The van der Waals surface area contributed by atoms with Crippen LogP contribution in [0.3, 0.4) is 0 Å². The molecule has 6 heteroatoms. The largest absolute Gasteiger partial charge is 0.491 e. The Morgan fingerprint density at radius 3 is 2.57 bits per heavy atom. The Labute approximate surface area is 135 Å². The van der Waals surface area contributed by atoms with Crippen molar-refractivity contribution >= 4 is 11.9 Å². The molecule has 0 bridgehead atoms. The van der Waals surface area contributed by atoms with Crippen LogP contribution < -0.4 is 4.74 Å². The lowest BCUT2D eigenvalue weighted by molar-refractivity contribution is -0.133. The maximum absolute atomic E-state index is 13.7. The molecule has 2 rings (SSSR count). The molecular weight excluding hydrogens is 301 g/mol. The lowest BCUT2D eigenvalue weighted by atomic mass is 10.1. The van der Waals surface area contributed by atoms with Gasteiger partial charge < -0.3 is 14.7 Å². The van der Waals surface area contributed by atoms with Gasteiger partial charge in [-0.2, -0.15) is 0 Å². The number of nitrogens with zero attached hydrogens (tertiary/aromatic N) is 1. The number of rotatable bonds is 6. The van der Waals surface area contributed by atoms with Gasteiger partial charge in [-0.05, 0) is 30.2 Å². The number of likely N-dealkylation sites (tertiary alicyclic amines) is 1. The van der Waals surface area contributed by atoms with Crippen molar-refractivity contribution in [2.45, 2.75) is 38.9 Å². The first-order valence-electron chi connectivity index (χ1n) is 7.76. The fourth-order valence-electron chi connectivity index (χ4n) is 2.68. The molecule has 1 unspecified atom stereocenters. The van der Waals surface area contributed by atoms with E-state index in [0.29, 0.717) is 12.2 Å². The SMILES string of the molecule is CC(C)CC(=O)N1CC(F)C[C@H]1COc1ccc(C(=O)O)cc1. The second-order valence-electron chi connectivity index (χ2n) is 6.27. The molecule has 1 aliphatic heterocycles. The number of amides is 1. The van der Waals surface area contributed by atoms with Gasteiger partial charge >= 0.3 is 5.97 Å². The van der Waals surface area contributed by atoms with Gasteiger partial charge in [0.2, 0.25) is 5.91 Å². The van der Waals surface area contributed by atoms with Crippen molar-refractivity contribution in [3.05, 3.63) is 29.8 Å². The van der Waals surface area contributed by atoms with Crippen LogP contribution in [0.2, 0.25) is 0 Å². The monoisotopic (exact) mass is 323 g/mol. The third-order valence-electron chi connectivity index (χ3n) is 3.81. The first-order chi connectivity index (χ1) is 10.9. The first kappa shape index (κ1) is 17.2. The predicted molar refractivity (Wildman–Crippen MR) is 83.4 cm³/mol. The molecule has 1 saturated heterocycles. The molecule has 1 aliphatic rings. The number of benzene rings is 1. The summed E-state index contributed by atoms with van der Waals surface area (Å²) in [5.41, 5.74) is 0.177. The number of carbonyl (C=O) groups is 2. The molecule has 0 saturated carbocycles. The summed E-state index contributed by atoms with van der Waals surface area (Å²) in [4.78, 5) is 24.5. The molecule has 1 heterocycles. The molecule has 1 aromatic carbocycles. The number of hydrogen-bond donors (Lipinski definition) is 1. The van der Waals surface area contributed by atoms with Gasteiger partial charge in [-0.3, -0.25) is 4.79 Å². The quantitative estimate of drug-likeness (QED) is 0.874. The van der Waals surface area contributed by atoms with E-state index in [4.69, 9.17) is 9.84 Å². The molecule has 1 aromatic rings. The molecule has 1 fully saturated rings. The van der Waals surface area contributed by atoms with Crippen molar-refractivity contribution in [2.75, 3.05) is 13.2 Å². The van der Waals surface area contributed by atoms with E-state index in [1.165, 1.54) is 12.1 Å². The number of hydrogen-bond acceptors (Lipinski definition) is 3. The summed E-state index contributed by atoms with van der Waals surface area (Å²) in [6.07, 6.45) is -0.345. The highest BCUT2D eigenvalue weighted by Gasteiger charge is 2.35. The number of carboxylic acid groups (broad SMARTS) is 1. The number of carbonyl (C=O) groups excluding carboxylic acids is 1. The van der Waals surface area contributed by atoms with Crippen molar-refractivity contribution in [1.29, 1.82) is 0 Å². The average molecular weight is 323 g/mol. The van der Waals surface area contributed by atoms with Crippen LogP contribution >= 0.6 is 0 Å². The minimum absolute atomic E-state index is 0.0463. The summed E-state index contributed by atoms with van der Waals surface area (Å²) in [5.74, 6) is -0.312. The van der Waals surface area contributed by atoms with Gasteiger partial charge in [-0.15, -0.1) is 0 Å². The Hall–Kier alpha value is -2.11. The minimum Gasteiger partial charge on any atom is -0.491 e. The van der Waals surface area contributed by atoms with Crippen LogP contribution in [0.4, 0.5) is 4.39 Å². The third-order valence-corrected chi connectivity index (χ3v) is 3.81. The molecule has 0 aromatic heterocycles. The molecule has 23 heavy (non-hydrogen) atoms. The fourth-order valence-corrected chi connectivity index (χ4v) is 2.68. The summed E-state index contributed by atoms with van der Waals surface area (Å²) in [7, 11) is 0. The highest BCUT2D eigenvalue weighted by Crippen LogP contribution is 2.23. The average Bonchev–Trinajstić information content (AvgIpc) is 2.86. The summed E-state index contributed by atoms with van der Waals surface area (Å²) in [5, 5.41) is 8.85. The smallest absolute Gasteiger partial charge is 0.335 e. The van der Waals surface area contributed by atoms with Crippen molar-refractivity contribution < 1.29 is 23.8 Å². The maximum atomic E-state index is 13.7. The minimum atomic E-state index is -1.02. The second kappa shape index (κ2) is 7.44. The van der Waals surface area contributed by atoms with Crippen LogP contribution in [0.15, 0.2) is 24.3 Å². The van der Waals surface area contributed by atoms with Crippen LogP contribution in [-0.4, -0.2) is 47.2 Å². The van der Waals surface area contributed by atoms with Crippen LogP contribution in [-0.2, 0) is 4.79 Å². The van der Waals surface area contributed by atoms with E-state index in [2.05, 4.69) is 0 Å². The zero-order chi connectivity index (χ0) is 17.0. The molecule has 126 valence electrons. The number of alkyl halides is 1. The number of halogens is 1. The summed E-state index contributed by atoms with van der Waals surface area (Å²) in [6, 6.07) is 5.74. The summed E-state index contributed by atoms with van der Waals surface area (Å²) < 4.78 is 19.3. The molecule has 0 radical (unpaired) electrons. The number of aromatic carboxylic acids is 1. The van der Waals surface area contributed by atoms with Gasteiger partial charge in [0, 0.05) is 12.8 Å². The lowest BCUT2D eigenvalue weighted by Gasteiger charge is -2.25. The summed E-state index contributed by atoms with van der Waals surface area (Å²) >= 11 is 0.